The number of alkyl halides is 2. The Balaban J connectivity index is 0.000000153. The summed E-state index contributed by atoms with van der Waals surface area (Å²) < 4.78 is 156. The van der Waals surface area contributed by atoms with Gasteiger partial charge < -0.3 is 4.74 Å². The fourth-order valence-corrected chi connectivity index (χ4v) is 20.0. The van der Waals surface area contributed by atoms with E-state index in [2.05, 4.69) is 32.4 Å². The van der Waals surface area contributed by atoms with Gasteiger partial charge in [0.1, 0.15) is 46.2 Å². The van der Waals surface area contributed by atoms with Crippen molar-refractivity contribution < 1.29 is 53.0 Å². The molecular formula is C92H119F11O. The van der Waals surface area contributed by atoms with Crippen molar-refractivity contribution in [2.45, 2.75) is 295 Å². The molecule has 104 heavy (non-hydrogen) atoms. The quantitative estimate of drug-likeness (QED) is 0.0421. The van der Waals surface area contributed by atoms with Crippen LogP contribution in [0.25, 0.3) is 11.1 Å². The van der Waals surface area contributed by atoms with Crippen LogP contribution in [0.2, 0.25) is 0 Å². The van der Waals surface area contributed by atoms with Crippen molar-refractivity contribution in [1.82, 2.24) is 0 Å². The summed E-state index contributed by atoms with van der Waals surface area (Å²) in [5.41, 5.74) is 2.49. The van der Waals surface area contributed by atoms with Crippen LogP contribution in [0, 0.1) is 112 Å². The Bertz CT molecular complexity index is 3430. The van der Waals surface area contributed by atoms with Gasteiger partial charge in [-0.05, 0) is 307 Å². The molecule has 0 amide bonds. The second-order valence-electron chi connectivity index (χ2n) is 32.9. The highest BCUT2D eigenvalue weighted by atomic mass is 19.3. The van der Waals surface area contributed by atoms with E-state index in [0.717, 1.165) is 97.3 Å². The number of ether oxygens (including phenoxy) is 1. The van der Waals surface area contributed by atoms with Gasteiger partial charge in [-0.1, -0.05) is 173 Å². The largest absolute Gasteiger partial charge is 0.432 e. The molecule has 0 radical (unpaired) electrons. The van der Waals surface area contributed by atoms with Gasteiger partial charge in [-0.3, -0.25) is 0 Å². The van der Waals surface area contributed by atoms with E-state index in [4.69, 9.17) is 0 Å². The minimum atomic E-state index is -4.72. The van der Waals surface area contributed by atoms with Crippen LogP contribution in [0.15, 0.2) is 115 Å². The average molecular weight is 1450 g/mol. The molecular weight excluding hydrogens is 1330 g/mol. The summed E-state index contributed by atoms with van der Waals surface area (Å²) in [4.78, 5) is 0. The Morgan fingerprint density at radius 3 is 0.971 bits per heavy atom. The normalized spacial score (nSPS) is 27.4. The smallest absolute Gasteiger partial charge is 0.429 e. The Hall–Kier alpha value is -5.65. The molecule has 1 nitrogen and oxygen atoms in total. The molecule has 7 saturated carbocycles. The SMILES string of the molecule is CCC1CCC(C2CCC(c3ccc(F)cc3)CC2)CC1.CCCC1CCC(C2CCC(c3ccc(F)cc3)CC2)CC1.CCCC1CCC(c2ccc(-c3cc(F)c(C(F)(F)Oc4cc(F)c(F)c(F)c4)c(F)c3)c(F)c2)CC1.CCCCCC1CCC(C2CCC(c3ccc(F)cc3)CC2)CC1. The van der Waals surface area contributed by atoms with Crippen LogP contribution in [-0.4, -0.2) is 0 Å². The number of hydrogen-bond acceptors (Lipinski definition) is 1. The van der Waals surface area contributed by atoms with Gasteiger partial charge in [0.05, 0.1) is 0 Å². The highest BCUT2D eigenvalue weighted by molar-refractivity contribution is 5.65. The van der Waals surface area contributed by atoms with Gasteiger partial charge in [0, 0.05) is 17.7 Å². The first-order chi connectivity index (χ1) is 50.3. The van der Waals surface area contributed by atoms with Crippen molar-refractivity contribution in [1.29, 1.82) is 0 Å². The van der Waals surface area contributed by atoms with Gasteiger partial charge in [0.2, 0.25) is 0 Å². The van der Waals surface area contributed by atoms with Crippen molar-refractivity contribution in [3.05, 3.63) is 195 Å². The molecule has 0 heterocycles. The minimum absolute atomic E-state index is 0.108. The van der Waals surface area contributed by atoms with Crippen molar-refractivity contribution in [2.75, 3.05) is 0 Å². The van der Waals surface area contributed by atoms with Crippen molar-refractivity contribution >= 4 is 0 Å². The Morgan fingerprint density at radius 1 is 0.308 bits per heavy atom. The van der Waals surface area contributed by atoms with Crippen LogP contribution < -0.4 is 4.74 Å². The third kappa shape index (κ3) is 23.0. The molecule has 13 rings (SSSR count). The Morgan fingerprint density at radius 2 is 0.625 bits per heavy atom. The lowest BCUT2D eigenvalue weighted by molar-refractivity contribution is -0.189. The topological polar surface area (TPSA) is 9.23 Å². The lowest BCUT2D eigenvalue weighted by Gasteiger charge is -2.38. The molecule has 0 atom stereocenters. The molecule has 7 fully saturated rings. The zero-order chi connectivity index (χ0) is 73.7. The zero-order valence-corrected chi connectivity index (χ0v) is 62.8. The second-order valence-corrected chi connectivity index (χ2v) is 32.9. The van der Waals surface area contributed by atoms with Crippen LogP contribution in [0.3, 0.4) is 0 Å². The van der Waals surface area contributed by atoms with E-state index in [1.807, 2.05) is 36.4 Å². The van der Waals surface area contributed by atoms with Crippen LogP contribution >= 0.6 is 0 Å². The molecule has 12 heteroatoms. The van der Waals surface area contributed by atoms with Crippen LogP contribution in [0.5, 0.6) is 5.75 Å². The number of halogens is 11. The summed E-state index contributed by atoms with van der Waals surface area (Å²) >= 11 is 0. The van der Waals surface area contributed by atoms with Gasteiger partial charge in [0.15, 0.2) is 17.5 Å². The molecule has 6 aromatic carbocycles. The first-order valence-electron chi connectivity index (χ1n) is 41.0. The highest BCUT2D eigenvalue weighted by Crippen LogP contribution is 2.49. The van der Waals surface area contributed by atoms with E-state index in [1.54, 1.807) is 42.5 Å². The van der Waals surface area contributed by atoms with Gasteiger partial charge in [-0.2, -0.15) is 8.78 Å². The fourth-order valence-electron chi connectivity index (χ4n) is 20.0. The zero-order valence-electron chi connectivity index (χ0n) is 62.8. The maximum Gasteiger partial charge on any atom is 0.432 e. The van der Waals surface area contributed by atoms with E-state index < -0.39 is 52.3 Å². The lowest BCUT2D eigenvalue weighted by atomic mass is 9.68. The van der Waals surface area contributed by atoms with E-state index in [1.165, 1.54) is 228 Å². The fraction of sp³-hybridized carbons (Fsp3) is 0.609. The molecule has 0 saturated heterocycles. The van der Waals surface area contributed by atoms with E-state index in [9.17, 15) is 48.3 Å². The molecule has 0 aromatic heterocycles. The van der Waals surface area contributed by atoms with Gasteiger partial charge >= 0.3 is 6.11 Å². The summed E-state index contributed by atoms with van der Waals surface area (Å²) in [7, 11) is 0. The van der Waals surface area contributed by atoms with Crippen LogP contribution in [-0.2, 0) is 6.11 Å². The van der Waals surface area contributed by atoms with Crippen molar-refractivity contribution in [3.8, 4) is 16.9 Å². The molecule has 6 aromatic rings. The van der Waals surface area contributed by atoms with Gasteiger partial charge in [-0.15, -0.1) is 0 Å². The number of hydrogen-bond donors (Lipinski definition) is 0. The number of benzene rings is 6. The molecule has 0 bridgehead atoms. The van der Waals surface area contributed by atoms with Gasteiger partial charge in [-0.25, -0.2) is 39.5 Å². The summed E-state index contributed by atoms with van der Waals surface area (Å²) in [6, 6.07) is 27.3. The highest BCUT2D eigenvalue weighted by Gasteiger charge is 2.42. The van der Waals surface area contributed by atoms with Crippen molar-refractivity contribution in [2.24, 2.45) is 59.2 Å². The van der Waals surface area contributed by atoms with E-state index >= 15 is 0 Å². The maximum absolute atomic E-state index is 15.0. The molecule has 7 aliphatic carbocycles. The molecule has 570 valence electrons. The molecule has 0 N–H and O–H groups in total. The van der Waals surface area contributed by atoms with Crippen LogP contribution in [0.4, 0.5) is 48.3 Å². The maximum atomic E-state index is 15.0. The molecule has 7 aliphatic rings. The summed E-state index contributed by atoms with van der Waals surface area (Å²) in [5.74, 6) is 0.483. The predicted octanol–water partition coefficient (Wildman–Crippen LogP) is 29.9. The van der Waals surface area contributed by atoms with E-state index in [0.29, 0.717) is 35.8 Å². The second kappa shape index (κ2) is 40.0. The molecule has 0 unspecified atom stereocenters. The molecule has 0 aliphatic heterocycles. The predicted molar refractivity (Wildman–Crippen MR) is 401 cm³/mol. The third-order valence-electron chi connectivity index (χ3n) is 26.4. The van der Waals surface area contributed by atoms with Gasteiger partial charge in [0.25, 0.3) is 0 Å². The minimum Gasteiger partial charge on any atom is -0.429 e. The van der Waals surface area contributed by atoms with Crippen LogP contribution in [0.1, 0.15) is 317 Å². The number of unbranched alkanes of at least 4 members (excludes halogenated alkanes) is 2. The van der Waals surface area contributed by atoms with Crippen molar-refractivity contribution in [3.63, 3.8) is 0 Å². The first-order valence-corrected chi connectivity index (χ1v) is 41.0. The average Bonchev–Trinajstić information content (AvgIpc) is 0.775. The Kier molecular flexibility index (Phi) is 31.1. The monoisotopic (exact) mass is 1450 g/mol. The van der Waals surface area contributed by atoms with E-state index in [-0.39, 0.29) is 46.6 Å². The summed E-state index contributed by atoms with van der Waals surface area (Å²) in [5, 5.41) is 0. The third-order valence-corrected chi connectivity index (χ3v) is 26.4. The standard InChI is InChI=1S/C28H24F8O.C23H35F.C21H31F.C20H29F/c1-2-3-15-4-6-16(7-5-15)17-8-9-20(21(29)10-17)18-11-22(30)26(23(31)12-18)28(35,36)37-19-13-24(32)27(34)25(33)14-19;1-2-3-4-5-18-6-8-19(9-7-18)20-10-12-21(13-11-20)22-14-16-23(24)17-15-22;1-2-3-16-4-6-17(7-5-16)18-8-10-19(11-9-18)20-12-14-21(22)15-13-20;1-2-15-3-5-16(6-4-15)17-7-9-18(10-8-17)19-11-13-20(21)14-12-19/h8-16H,2-7H2,1H3;14-21H,2-13H2,1H3;12-19H,2-11H2,1H3;11-18H,2-10H2,1H3. The number of rotatable bonds is 20. The molecule has 0 spiro atoms. The Labute approximate surface area is 616 Å². The summed E-state index contributed by atoms with van der Waals surface area (Å²) in [6.45, 7) is 9.11. The lowest BCUT2D eigenvalue weighted by Crippen LogP contribution is -2.25. The summed E-state index contributed by atoms with van der Waals surface area (Å²) in [6.07, 6.45) is 45.4. The first kappa shape index (κ1) is 80.9.